The van der Waals surface area contributed by atoms with Gasteiger partial charge in [-0.05, 0) is 46.3 Å². The van der Waals surface area contributed by atoms with E-state index in [9.17, 15) is 4.79 Å². The van der Waals surface area contributed by atoms with Gasteiger partial charge in [-0.1, -0.05) is 25.9 Å². The van der Waals surface area contributed by atoms with Gasteiger partial charge in [0.25, 0.3) is 0 Å². The lowest BCUT2D eigenvalue weighted by Crippen LogP contribution is -2.44. The van der Waals surface area contributed by atoms with E-state index >= 15 is 0 Å². The van der Waals surface area contributed by atoms with Crippen molar-refractivity contribution in [1.29, 1.82) is 0 Å². The summed E-state index contributed by atoms with van der Waals surface area (Å²) in [7, 11) is 1.67. The number of azide groups is 1. The number of ether oxygens (including phenoxy) is 2. The topological polar surface area (TPSA) is 127 Å². The highest BCUT2D eigenvalue weighted by Gasteiger charge is 2.42. The van der Waals surface area contributed by atoms with Crippen LogP contribution in [0.2, 0.25) is 18.1 Å². The first kappa shape index (κ1) is 26.7. The number of rotatable bonds is 9. The number of hydrogen-bond acceptors (Lipinski definition) is 7. The second kappa shape index (κ2) is 11.1. The van der Waals surface area contributed by atoms with E-state index in [2.05, 4.69) is 76.5 Å². The zero-order valence-corrected chi connectivity index (χ0v) is 22.8. The smallest absolute Gasteiger partial charge is 0.351 e. The third kappa shape index (κ3) is 6.99. The molecule has 0 aromatic carbocycles. The quantitative estimate of drug-likeness (QED) is 0.0830. The number of halogens is 1. The third-order valence-corrected chi connectivity index (χ3v) is 10.9. The predicted octanol–water partition coefficient (Wildman–Crippen LogP) is 4.03. The maximum atomic E-state index is 12.7. The predicted molar refractivity (Wildman–Crippen MR) is 134 cm³/mol. The second-order valence-corrected chi connectivity index (χ2v) is 15.3. The van der Waals surface area contributed by atoms with Crippen molar-refractivity contribution >= 4 is 43.1 Å². The van der Waals surface area contributed by atoms with Gasteiger partial charge >= 0.3 is 5.69 Å². The van der Waals surface area contributed by atoms with Crippen molar-refractivity contribution in [1.82, 2.24) is 14.5 Å². The molecule has 1 aliphatic rings. The van der Waals surface area contributed by atoms with Gasteiger partial charge in [-0.2, -0.15) is 4.98 Å². The SMILES string of the molecule is CN(C)/C=N/c1nc(=O)n([C@H]2CC(OCN=[N+]=[N-])[C@@H](CO[Si](C)(C)C(C)(C)C)O2)cc1I. The van der Waals surface area contributed by atoms with E-state index in [-0.39, 0.29) is 17.9 Å². The van der Waals surface area contributed by atoms with Gasteiger partial charge in [0, 0.05) is 31.6 Å². The Morgan fingerprint density at radius 3 is 2.75 bits per heavy atom. The molecule has 0 aliphatic carbocycles. The maximum absolute atomic E-state index is 12.7. The number of aromatic nitrogens is 2. The van der Waals surface area contributed by atoms with Crippen LogP contribution in [0.4, 0.5) is 5.82 Å². The van der Waals surface area contributed by atoms with Gasteiger partial charge in [-0.15, -0.1) is 0 Å². The summed E-state index contributed by atoms with van der Waals surface area (Å²) >= 11 is 2.09. The second-order valence-electron chi connectivity index (χ2n) is 9.31. The number of hydrogen-bond donors (Lipinski definition) is 0. The molecule has 0 N–H and O–H groups in total. The molecule has 0 spiro atoms. The van der Waals surface area contributed by atoms with Crippen molar-refractivity contribution in [2.24, 2.45) is 10.1 Å². The molecule has 1 aromatic heterocycles. The van der Waals surface area contributed by atoms with Crippen LogP contribution in [0.25, 0.3) is 10.4 Å². The van der Waals surface area contributed by atoms with E-state index in [1.807, 2.05) is 14.1 Å². The summed E-state index contributed by atoms with van der Waals surface area (Å²) in [5.41, 5.74) is 8.11. The van der Waals surface area contributed by atoms with Gasteiger partial charge in [-0.25, -0.2) is 9.79 Å². The highest BCUT2D eigenvalue weighted by atomic mass is 127. The van der Waals surface area contributed by atoms with Crippen LogP contribution >= 0.6 is 22.6 Å². The Labute approximate surface area is 203 Å². The molecule has 11 nitrogen and oxygen atoms in total. The summed E-state index contributed by atoms with van der Waals surface area (Å²) in [6, 6.07) is 0. The van der Waals surface area contributed by atoms with Gasteiger partial charge in [-0.3, -0.25) is 4.57 Å². The van der Waals surface area contributed by atoms with Gasteiger partial charge < -0.3 is 18.8 Å². The molecule has 3 atom stereocenters. The summed E-state index contributed by atoms with van der Waals surface area (Å²) < 4.78 is 20.4. The van der Waals surface area contributed by atoms with Crippen molar-refractivity contribution in [3.05, 3.63) is 30.7 Å². The Morgan fingerprint density at radius 1 is 1.47 bits per heavy atom. The van der Waals surface area contributed by atoms with E-state index < -0.39 is 26.3 Å². The Morgan fingerprint density at radius 2 is 2.16 bits per heavy atom. The van der Waals surface area contributed by atoms with E-state index in [1.165, 1.54) is 4.57 Å². The minimum absolute atomic E-state index is 0.0480. The number of aliphatic imine (C=N–C) groups is 1. The Hall–Kier alpha value is -1.51. The summed E-state index contributed by atoms with van der Waals surface area (Å²) in [4.78, 5) is 25.5. The Bertz CT molecular complexity index is 925. The van der Waals surface area contributed by atoms with Gasteiger partial charge in [0.2, 0.25) is 0 Å². The van der Waals surface area contributed by atoms with Gasteiger partial charge in [0.05, 0.1) is 22.6 Å². The minimum atomic E-state index is -2.01. The maximum Gasteiger partial charge on any atom is 0.351 e. The molecular formula is C19H32IN7O4Si. The first-order valence-electron chi connectivity index (χ1n) is 10.3. The fraction of sp³-hybridized carbons (Fsp3) is 0.737. The largest absolute Gasteiger partial charge is 0.414 e. The van der Waals surface area contributed by atoms with Crippen LogP contribution in [0.5, 0.6) is 0 Å². The third-order valence-electron chi connectivity index (χ3n) is 5.61. The molecule has 178 valence electrons. The molecule has 1 fully saturated rings. The lowest BCUT2D eigenvalue weighted by atomic mass is 10.2. The van der Waals surface area contributed by atoms with Crippen LogP contribution in [-0.4, -0.2) is 68.7 Å². The molecule has 1 saturated heterocycles. The van der Waals surface area contributed by atoms with Gasteiger partial charge in [0.1, 0.15) is 19.1 Å². The standard InChI is InChI=1S/C19H32IN7O4Si/c1-19(2,3)32(6,7)30-10-15-14(29-12-23-25-21)8-16(31-15)27-9-13(20)17(24-18(27)28)22-11-26(4)5/h9,11,14-16H,8,10,12H2,1-7H3/b22-11+/t14?,15-,16-/m1/s1. The molecule has 1 aromatic rings. The molecule has 1 aliphatic heterocycles. The summed E-state index contributed by atoms with van der Waals surface area (Å²) in [5, 5.41) is 3.51. The summed E-state index contributed by atoms with van der Waals surface area (Å²) in [6.45, 7) is 11.1. The van der Waals surface area contributed by atoms with E-state index in [1.54, 1.807) is 17.4 Å². The molecular weight excluding hydrogens is 545 g/mol. The minimum Gasteiger partial charge on any atom is -0.414 e. The van der Waals surface area contributed by atoms with Crippen LogP contribution in [0.3, 0.4) is 0 Å². The highest BCUT2D eigenvalue weighted by molar-refractivity contribution is 14.1. The lowest BCUT2D eigenvalue weighted by Gasteiger charge is -2.37. The van der Waals surface area contributed by atoms with Crippen molar-refractivity contribution in [2.75, 3.05) is 27.4 Å². The van der Waals surface area contributed by atoms with Crippen LogP contribution < -0.4 is 5.69 Å². The molecule has 13 heteroatoms. The number of nitrogens with zero attached hydrogens (tertiary/aromatic N) is 7. The van der Waals surface area contributed by atoms with Crippen molar-refractivity contribution in [3.63, 3.8) is 0 Å². The van der Waals surface area contributed by atoms with E-state index in [0.29, 0.717) is 18.8 Å². The molecule has 2 heterocycles. The highest BCUT2D eigenvalue weighted by Crippen LogP contribution is 2.38. The van der Waals surface area contributed by atoms with E-state index in [4.69, 9.17) is 19.4 Å². The van der Waals surface area contributed by atoms with Gasteiger partial charge in [0.15, 0.2) is 14.1 Å². The lowest BCUT2D eigenvalue weighted by molar-refractivity contribution is -0.0588. The average Bonchev–Trinajstić information content (AvgIpc) is 3.09. The normalized spacial score (nSPS) is 21.7. The first-order valence-corrected chi connectivity index (χ1v) is 14.3. The van der Waals surface area contributed by atoms with Crippen LogP contribution in [0.1, 0.15) is 33.4 Å². The zero-order chi connectivity index (χ0) is 24.1. The molecule has 0 saturated carbocycles. The summed E-state index contributed by atoms with van der Waals surface area (Å²) in [6.07, 6.45) is 2.33. The monoisotopic (exact) mass is 577 g/mol. The zero-order valence-electron chi connectivity index (χ0n) is 19.6. The first-order chi connectivity index (χ1) is 14.9. The molecule has 0 amide bonds. The Kier molecular flexibility index (Phi) is 9.25. The Balaban J connectivity index is 2.23. The van der Waals surface area contributed by atoms with Crippen molar-refractivity contribution < 1.29 is 13.9 Å². The fourth-order valence-electron chi connectivity index (χ4n) is 2.76. The molecule has 0 bridgehead atoms. The molecule has 0 radical (unpaired) electrons. The van der Waals surface area contributed by atoms with Crippen LogP contribution in [0, 0.1) is 3.57 Å². The summed E-state index contributed by atoms with van der Waals surface area (Å²) in [5.74, 6) is 0.354. The molecule has 32 heavy (non-hydrogen) atoms. The fourth-order valence-corrected chi connectivity index (χ4v) is 4.34. The van der Waals surface area contributed by atoms with Crippen molar-refractivity contribution in [2.45, 2.75) is 63.8 Å². The molecule has 2 rings (SSSR count). The van der Waals surface area contributed by atoms with Crippen molar-refractivity contribution in [3.8, 4) is 0 Å². The van der Waals surface area contributed by atoms with Crippen LogP contribution in [-0.2, 0) is 13.9 Å². The molecule has 1 unspecified atom stereocenters. The average molecular weight is 578 g/mol. The van der Waals surface area contributed by atoms with Crippen LogP contribution in [0.15, 0.2) is 21.1 Å². The van der Waals surface area contributed by atoms with E-state index in [0.717, 1.165) is 3.57 Å².